The Labute approximate surface area is 91.1 Å². The van der Waals surface area contributed by atoms with Crippen LogP contribution in [0.4, 0.5) is 13.2 Å². The summed E-state index contributed by atoms with van der Waals surface area (Å²) in [5.74, 6) is 0.361. The second kappa shape index (κ2) is 4.37. The summed E-state index contributed by atoms with van der Waals surface area (Å²) in [6.07, 6.45) is -1.61. The average Bonchev–Trinajstić information content (AvgIpc) is 2.29. The van der Waals surface area contributed by atoms with Crippen LogP contribution in [0.25, 0.3) is 0 Å². The summed E-state index contributed by atoms with van der Waals surface area (Å²) in [6.45, 7) is 1.62. The molecule has 6 heteroatoms. The first-order chi connectivity index (χ1) is 7.57. The maximum absolute atomic E-state index is 12.4. The summed E-state index contributed by atoms with van der Waals surface area (Å²) in [5.41, 5.74) is -0.851. The van der Waals surface area contributed by atoms with E-state index in [2.05, 4.69) is 15.3 Å². The summed E-state index contributed by atoms with van der Waals surface area (Å²) in [6, 6.07) is 0.907. The molecule has 0 radical (unpaired) electrons. The van der Waals surface area contributed by atoms with Gasteiger partial charge in [0.15, 0.2) is 0 Å². The number of nitrogens with one attached hydrogen (secondary N) is 1. The largest absolute Gasteiger partial charge is 0.433 e. The van der Waals surface area contributed by atoms with E-state index in [0.717, 1.165) is 32.0 Å². The van der Waals surface area contributed by atoms with E-state index in [0.29, 0.717) is 5.82 Å². The van der Waals surface area contributed by atoms with Crippen LogP contribution in [-0.2, 0) is 6.18 Å². The molecule has 0 amide bonds. The van der Waals surface area contributed by atoms with Crippen molar-refractivity contribution in [3.8, 4) is 0 Å². The number of rotatable bonds is 1. The van der Waals surface area contributed by atoms with Gasteiger partial charge in [0, 0.05) is 12.1 Å². The van der Waals surface area contributed by atoms with Crippen LogP contribution in [-0.4, -0.2) is 23.1 Å². The Morgan fingerprint density at radius 2 is 1.94 bits per heavy atom. The second-order valence-corrected chi connectivity index (χ2v) is 3.82. The summed E-state index contributed by atoms with van der Waals surface area (Å²) in [5, 5.41) is 3.15. The number of piperidine rings is 1. The van der Waals surface area contributed by atoms with Crippen LogP contribution >= 0.6 is 0 Å². The molecule has 0 spiro atoms. The molecule has 0 unspecified atom stereocenters. The Bertz CT molecular complexity index is 359. The van der Waals surface area contributed by atoms with Gasteiger partial charge in [0.05, 0.1) is 0 Å². The van der Waals surface area contributed by atoms with E-state index >= 15 is 0 Å². The summed E-state index contributed by atoms with van der Waals surface area (Å²) >= 11 is 0. The Hall–Kier alpha value is -1.17. The molecule has 1 aliphatic heterocycles. The molecule has 2 rings (SSSR count). The molecule has 0 aliphatic carbocycles. The zero-order chi connectivity index (χ0) is 11.6. The highest BCUT2D eigenvalue weighted by Crippen LogP contribution is 2.29. The van der Waals surface area contributed by atoms with Crippen molar-refractivity contribution < 1.29 is 13.2 Å². The van der Waals surface area contributed by atoms with Crippen LogP contribution < -0.4 is 5.32 Å². The molecule has 0 bridgehead atoms. The van der Waals surface area contributed by atoms with Crippen LogP contribution in [0.2, 0.25) is 0 Å². The molecular formula is C10H12F3N3. The molecule has 88 valence electrons. The maximum Gasteiger partial charge on any atom is 0.433 e. The minimum atomic E-state index is -4.38. The van der Waals surface area contributed by atoms with E-state index in [1.54, 1.807) is 0 Å². The topological polar surface area (TPSA) is 37.8 Å². The van der Waals surface area contributed by atoms with Gasteiger partial charge in [-0.3, -0.25) is 0 Å². The third-order valence-electron chi connectivity index (χ3n) is 2.67. The highest BCUT2D eigenvalue weighted by molar-refractivity contribution is 5.09. The lowest BCUT2D eigenvalue weighted by atomic mass is 9.97. The molecule has 0 atom stereocenters. The fourth-order valence-electron chi connectivity index (χ4n) is 1.81. The molecule has 1 N–H and O–H groups in total. The van der Waals surface area contributed by atoms with Crippen molar-refractivity contribution in [2.24, 2.45) is 0 Å². The van der Waals surface area contributed by atoms with Crippen molar-refractivity contribution in [1.29, 1.82) is 0 Å². The van der Waals surface area contributed by atoms with E-state index in [4.69, 9.17) is 0 Å². The molecule has 1 saturated heterocycles. The van der Waals surface area contributed by atoms with Gasteiger partial charge >= 0.3 is 6.18 Å². The number of alkyl halides is 3. The number of aromatic nitrogens is 2. The zero-order valence-electron chi connectivity index (χ0n) is 8.59. The molecular weight excluding hydrogens is 219 g/mol. The van der Waals surface area contributed by atoms with Crippen LogP contribution in [0.5, 0.6) is 0 Å². The van der Waals surface area contributed by atoms with Crippen molar-refractivity contribution in [3.05, 3.63) is 23.8 Å². The van der Waals surface area contributed by atoms with Gasteiger partial charge in [-0.2, -0.15) is 13.2 Å². The molecule has 2 heterocycles. The van der Waals surface area contributed by atoms with Crippen LogP contribution in [0.15, 0.2) is 12.3 Å². The smallest absolute Gasteiger partial charge is 0.317 e. The Morgan fingerprint density at radius 3 is 2.56 bits per heavy atom. The molecule has 0 aromatic carbocycles. The van der Waals surface area contributed by atoms with Gasteiger partial charge in [-0.25, -0.2) is 9.97 Å². The number of hydrogen-bond acceptors (Lipinski definition) is 3. The van der Waals surface area contributed by atoms with Crippen molar-refractivity contribution >= 4 is 0 Å². The SMILES string of the molecule is FC(F)(F)c1ccnc(C2CCNCC2)n1. The molecule has 0 saturated carbocycles. The lowest BCUT2D eigenvalue weighted by Gasteiger charge is -2.21. The summed E-state index contributed by atoms with van der Waals surface area (Å²) in [4.78, 5) is 7.54. The van der Waals surface area contributed by atoms with Gasteiger partial charge in [0.25, 0.3) is 0 Å². The standard InChI is InChI=1S/C10H12F3N3/c11-10(12,13)8-3-6-15-9(16-8)7-1-4-14-5-2-7/h3,6-7,14H,1-2,4-5H2. The quantitative estimate of drug-likeness (QED) is 0.802. The molecule has 1 aliphatic rings. The van der Waals surface area contributed by atoms with Crippen LogP contribution in [0.3, 0.4) is 0 Å². The summed E-state index contributed by atoms with van der Waals surface area (Å²) < 4.78 is 37.3. The number of halogens is 3. The van der Waals surface area contributed by atoms with Crippen LogP contribution in [0, 0.1) is 0 Å². The lowest BCUT2D eigenvalue weighted by molar-refractivity contribution is -0.141. The Kier molecular flexibility index (Phi) is 3.09. The van der Waals surface area contributed by atoms with Crippen LogP contribution in [0.1, 0.15) is 30.3 Å². The molecule has 1 fully saturated rings. The summed E-state index contributed by atoms with van der Waals surface area (Å²) in [7, 11) is 0. The predicted octanol–water partition coefficient (Wildman–Crippen LogP) is 1.96. The van der Waals surface area contributed by atoms with Crippen molar-refractivity contribution in [3.63, 3.8) is 0 Å². The highest BCUT2D eigenvalue weighted by Gasteiger charge is 2.33. The van der Waals surface area contributed by atoms with Crippen molar-refractivity contribution in [2.75, 3.05) is 13.1 Å². The van der Waals surface area contributed by atoms with E-state index in [1.165, 1.54) is 6.20 Å². The first kappa shape index (κ1) is 11.3. The van der Waals surface area contributed by atoms with Gasteiger partial charge in [0.2, 0.25) is 0 Å². The molecule has 3 nitrogen and oxygen atoms in total. The molecule has 16 heavy (non-hydrogen) atoms. The predicted molar refractivity (Wildman–Crippen MR) is 51.9 cm³/mol. The maximum atomic E-state index is 12.4. The third kappa shape index (κ3) is 2.49. The van der Waals surface area contributed by atoms with E-state index < -0.39 is 11.9 Å². The highest BCUT2D eigenvalue weighted by atomic mass is 19.4. The van der Waals surface area contributed by atoms with Gasteiger partial charge in [-0.1, -0.05) is 0 Å². The normalized spacial score (nSPS) is 18.7. The first-order valence-electron chi connectivity index (χ1n) is 5.18. The molecule has 1 aromatic heterocycles. The minimum absolute atomic E-state index is 0.0450. The second-order valence-electron chi connectivity index (χ2n) is 3.82. The molecule has 1 aromatic rings. The number of hydrogen-bond donors (Lipinski definition) is 1. The minimum Gasteiger partial charge on any atom is -0.317 e. The van der Waals surface area contributed by atoms with Gasteiger partial charge in [0.1, 0.15) is 11.5 Å². The van der Waals surface area contributed by atoms with Gasteiger partial charge in [-0.05, 0) is 32.0 Å². The average molecular weight is 231 g/mol. The zero-order valence-corrected chi connectivity index (χ0v) is 8.59. The first-order valence-corrected chi connectivity index (χ1v) is 5.18. The van der Waals surface area contributed by atoms with Crippen molar-refractivity contribution in [1.82, 2.24) is 15.3 Å². The van der Waals surface area contributed by atoms with Gasteiger partial charge < -0.3 is 5.32 Å². The van der Waals surface area contributed by atoms with Gasteiger partial charge in [-0.15, -0.1) is 0 Å². The number of nitrogens with zero attached hydrogens (tertiary/aromatic N) is 2. The fraction of sp³-hybridized carbons (Fsp3) is 0.600. The third-order valence-corrected chi connectivity index (χ3v) is 2.67. The van der Waals surface area contributed by atoms with E-state index in [9.17, 15) is 13.2 Å². The Morgan fingerprint density at radius 1 is 1.25 bits per heavy atom. The monoisotopic (exact) mass is 231 g/mol. The van der Waals surface area contributed by atoms with E-state index in [-0.39, 0.29) is 5.92 Å². The van der Waals surface area contributed by atoms with E-state index in [1.807, 2.05) is 0 Å². The lowest BCUT2D eigenvalue weighted by Crippen LogP contribution is -2.28. The fourth-order valence-corrected chi connectivity index (χ4v) is 1.81. The van der Waals surface area contributed by atoms with Crippen molar-refractivity contribution in [2.45, 2.75) is 24.9 Å². The Balaban J connectivity index is 2.21.